The van der Waals surface area contributed by atoms with E-state index in [-0.39, 0.29) is 5.91 Å². The van der Waals surface area contributed by atoms with Gasteiger partial charge in [-0.1, -0.05) is 0 Å². The van der Waals surface area contributed by atoms with Crippen LogP contribution in [0, 0.1) is 0 Å². The zero-order chi connectivity index (χ0) is 16.8. The van der Waals surface area contributed by atoms with E-state index in [1.165, 1.54) is 0 Å². The van der Waals surface area contributed by atoms with Crippen LogP contribution >= 0.6 is 11.8 Å². The fourth-order valence-electron chi connectivity index (χ4n) is 2.53. The Bertz CT molecular complexity index is 704. The highest BCUT2D eigenvalue weighted by Gasteiger charge is 2.19. The van der Waals surface area contributed by atoms with Crippen molar-refractivity contribution >= 4 is 29.2 Å². The maximum absolute atomic E-state index is 12.7. The molecule has 1 amide bonds. The number of carbonyl (C=O) groups excluding carboxylic acids is 1. The molecule has 24 heavy (non-hydrogen) atoms. The molecule has 0 aromatic carbocycles. The van der Waals surface area contributed by atoms with E-state index in [0.29, 0.717) is 23.7 Å². The van der Waals surface area contributed by atoms with Gasteiger partial charge < -0.3 is 15.0 Å². The van der Waals surface area contributed by atoms with Crippen molar-refractivity contribution < 1.29 is 9.53 Å². The van der Waals surface area contributed by atoms with Crippen LogP contribution in [0.1, 0.15) is 17.3 Å². The quantitative estimate of drug-likeness (QED) is 0.899. The van der Waals surface area contributed by atoms with Gasteiger partial charge in [-0.2, -0.15) is 11.8 Å². The number of hydrogen-bond donors (Lipinski definition) is 1. The molecule has 1 N–H and O–H groups in total. The second-order valence-corrected chi connectivity index (χ2v) is 6.44. The predicted molar refractivity (Wildman–Crippen MR) is 97.1 cm³/mol. The molecule has 7 heteroatoms. The normalized spacial score (nSPS) is 14.3. The van der Waals surface area contributed by atoms with Gasteiger partial charge in [-0.25, -0.2) is 9.97 Å². The summed E-state index contributed by atoms with van der Waals surface area (Å²) in [6.07, 6.45) is 3.37. The third-order valence-electron chi connectivity index (χ3n) is 3.64. The Labute approximate surface area is 145 Å². The number of anilines is 2. The molecule has 0 spiro atoms. The maximum atomic E-state index is 12.7. The summed E-state index contributed by atoms with van der Waals surface area (Å²) in [5.41, 5.74) is 1.13. The summed E-state index contributed by atoms with van der Waals surface area (Å²) in [5, 5.41) is 2.95. The fraction of sp³-hybridized carbons (Fsp3) is 0.353. The summed E-state index contributed by atoms with van der Waals surface area (Å²) in [7, 11) is 0. The number of hydrogen-bond acceptors (Lipinski definition) is 6. The molecule has 1 fully saturated rings. The minimum Gasteiger partial charge on any atom is -0.477 e. The second-order valence-electron chi connectivity index (χ2n) is 5.22. The Morgan fingerprint density at radius 2 is 2.00 bits per heavy atom. The number of ether oxygens (including phenoxy) is 1. The lowest BCUT2D eigenvalue weighted by molar-refractivity contribution is 0.102. The third kappa shape index (κ3) is 3.79. The SMILES string of the molecule is CCOc1ncccc1C(=O)Nc1cccnc1N1CCSCC1. The summed E-state index contributed by atoms with van der Waals surface area (Å²) in [6, 6.07) is 7.13. The van der Waals surface area contributed by atoms with Gasteiger partial charge in [0.2, 0.25) is 5.88 Å². The van der Waals surface area contributed by atoms with Gasteiger partial charge >= 0.3 is 0 Å². The molecule has 0 unspecified atom stereocenters. The molecule has 3 heterocycles. The van der Waals surface area contributed by atoms with Crippen LogP contribution in [0.4, 0.5) is 11.5 Å². The van der Waals surface area contributed by atoms with E-state index >= 15 is 0 Å². The van der Waals surface area contributed by atoms with Gasteiger partial charge in [0, 0.05) is 37.0 Å². The van der Waals surface area contributed by atoms with Crippen molar-refractivity contribution in [3.05, 3.63) is 42.2 Å². The molecule has 2 aromatic rings. The Morgan fingerprint density at radius 1 is 1.25 bits per heavy atom. The van der Waals surface area contributed by atoms with E-state index in [9.17, 15) is 4.79 Å². The molecule has 6 nitrogen and oxygen atoms in total. The van der Waals surface area contributed by atoms with E-state index in [4.69, 9.17) is 4.74 Å². The smallest absolute Gasteiger partial charge is 0.261 e. The first-order chi connectivity index (χ1) is 11.8. The van der Waals surface area contributed by atoms with Gasteiger partial charge in [0.15, 0.2) is 5.82 Å². The molecule has 1 aliphatic heterocycles. The number of pyridine rings is 2. The van der Waals surface area contributed by atoms with E-state index < -0.39 is 0 Å². The summed E-state index contributed by atoms with van der Waals surface area (Å²) >= 11 is 1.94. The van der Waals surface area contributed by atoms with Crippen LogP contribution in [-0.4, -0.2) is 47.1 Å². The van der Waals surface area contributed by atoms with Crippen LogP contribution in [0.3, 0.4) is 0 Å². The maximum Gasteiger partial charge on any atom is 0.261 e. The molecule has 1 saturated heterocycles. The molecule has 0 saturated carbocycles. The van der Waals surface area contributed by atoms with Crippen LogP contribution in [0.25, 0.3) is 0 Å². The average Bonchev–Trinajstić information content (AvgIpc) is 2.63. The van der Waals surface area contributed by atoms with Crippen molar-refractivity contribution in [3.8, 4) is 5.88 Å². The highest BCUT2D eigenvalue weighted by Crippen LogP contribution is 2.26. The van der Waals surface area contributed by atoms with Crippen molar-refractivity contribution in [2.24, 2.45) is 0 Å². The first-order valence-electron chi connectivity index (χ1n) is 7.96. The minimum atomic E-state index is -0.243. The summed E-state index contributed by atoms with van der Waals surface area (Å²) in [6.45, 7) is 4.19. The molecule has 1 aliphatic rings. The highest BCUT2D eigenvalue weighted by atomic mass is 32.2. The second kappa shape index (κ2) is 8.01. The van der Waals surface area contributed by atoms with Gasteiger partial charge in [0.1, 0.15) is 5.56 Å². The van der Waals surface area contributed by atoms with Crippen LogP contribution in [-0.2, 0) is 0 Å². The summed E-state index contributed by atoms with van der Waals surface area (Å²) in [4.78, 5) is 23.5. The van der Waals surface area contributed by atoms with E-state index in [2.05, 4.69) is 20.2 Å². The number of carbonyl (C=O) groups is 1. The molecule has 3 rings (SSSR count). The highest BCUT2D eigenvalue weighted by molar-refractivity contribution is 7.99. The number of aromatic nitrogens is 2. The topological polar surface area (TPSA) is 67.3 Å². The molecular formula is C17H20N4O2S. The molecule has 2 aromatic heterocycles. The number of thioether (sulfide) groups is 1. The van der Waals surface area contributed by atoms with Crippen LogP contribution in [0.2, 0.25) is 0 Å². The number of rotatable bonds is 5. The largest absolute Gasteiger partial charge is 0.477 e. The Hall–Kier alpha value is -2.28. The van der Waals surface area contributed by atoms with Crippen molar-refractivity contribution in [3.63, 3.8) is 0 Å². The molecule has 126 valence electrons. The first-order valence-corrected chi connectivity index (χ1v) is 9.12. The number of nitrogens with zero attached hydrogens (tertiary/aromatic N) is 3. The van der Waals surface area contributed by atoms with E-state index in [1.807, 2.05) is 30.8 Å². The summed E-state index contributed by atoms with van der Waals surface area (Å²) in [5.74, 6) is 3.06. The summed E-state index contributed by atoms with van der Waals surface area (Å²) < 4.78 is 5.44. The standard InChI is InChI=1S/C17H20N4O2S/c1-2-23-17-13(5-3-8-19-17)16(22)20-14-6-4-7-18-15(14)21-9-11-24-12-10-21/h3-8H,2,9-12H2,1H3,(H,20,22). The van der Waals surface area contributed by atoms with Crippen LogP contribution < -0.4 is 15.0 Å². The molecular weight excluding hydrogens is 324 g/mol. The van der Waals surface area contributed by atoms with Crippen molar-refractivity contribution in [1.82, 2.24) is 9.97 Å². The minimum absolute atomic E-state index is 0.243. The zero-order valence-electron chi connectivity index (χ0n) is 13.6. The van der Waals surface area contributed by atoms with Crippen molar-refractivity contribution in [2.45, 2.75) is 6.92 Å². The van der Waals surface area contributed by atoms with Gasteiger partial charge in [0.05, 0.1) is 12.3 Å². The lowest BCUT2D eigenvalue weighted by atomic mass is 10.2. The zero-order valence-corrected chi connectivity index (χ0v) is 14.4. The van der Waals surface area contributed by atoms with Crippen LogP contribution in [0.15, 0.2) is 36.7 Å². The molecule has 0 atom stereocenters. The number of nitrogens with one attached hydrogen (secondary N) is 1. The van der Waals surface area contributed by atoms with Gasteiger partial charge in [0.25, 0.3) is 5.91 Å². The lowest BCUT2D eigenvalue weighted by Crippen LogP contribution is -2.34. The van der Waals surface area contributed by atoms with Gasteiger partial charge in [-0.05, 0) is 31.2 Å². The molecule has 0 radical (unpaired) electrons. The average molecular weight is 344 g/mol. The fourth-order valence-corrected chi connectivity index (χ4v) is 3.43. The predicted octanol–water partition coefficient (Wildman–Crippen LogP) is 2.68. The van der Waals surface area contributed by atoms with Gasteiger partial charge in [-0.15, -0.1) is 0 Å². The Morgan fingerprint density at radius 3 is 2.79 bits per heavy atom. The van der Waals surface area contributed by atoms with Crippen molar-refractivity contribution in [2.75, 3.05) is 41.4 Å². The number of amides is 1. The van der Waals surface area contributed by atoms with E-state index in [0.717, 1.165) is 30.4 Å². The van der Waals surface area contributed by atoms with E-state index in [1.54, 1.807) is 24.5 Å². The van der Waals surface area contributed by atoms with Crippen LogP contribution in [0.5, 0.6) is 5.88 Å². The monoisotopic (exact) mass is 344 g/mol. The first kappa shape index (κ1) is 16.6. The third-order valence-corrected chi connectivity index (χ3v) is 4.58. The Balaban J connectivity index is 1.82. The van der Waals surface area contributed by atoms with Crippen molar-refractivity contribution in [1.29, 1.82) is 0 Å². The lowest BCUT2D eigenvalue weighted by Gasteiger charge is -2.29. The molecule has 0 aliphatic carbocycles. The molecule has 0 bridgehead atoms. The van der Waals surface area contributed by atoms with Gasteiger partial charge in [-0.3, -0.25) is 4.79 Å². The Kier molecular flexibility index (Phi) is 5.53.